The first-order valence-electron chi connectivity index (χ1n) is 6.14. The Morgan fingerprint density at radius 1 is 1.28 bits per heavy atom. The Hall–Kier alpha value is -1.00. The molecule has 1 rings (SSSR count). The number of amides is 1. The topological polar surface area (TPSA) is 46.3 Å². The van der Waals surface area contributed by atoms with Crippen LogP contribution in [0.4, 0.5) is 0 Å². The third kappa shape index (κ3) is 4.03. The Labute approximate surface area is 114 Å². The predicted molar refractivity (Wildman–Crippen MR) is 77.6 cm³/mol. The van der Waals surface area contributed by atoms with Crippen LogP contribution in [0.25, 0.3) is 0 Å². The molecule has 0 aliphatic heterocycles. The van der Waals surface area contributed by atoms with Crippen LogP contribution in [0, 0.1) is 0 Å². The monoisotopic (exact) mass is 266 g/mol. The Kier molecular flexibility index (Phi) is 5.69. The summed E-state index contributed by atoms with van der Waals surface area (Å²) in [6, 6.07) is 8.00. The largest absolute Gasteiger partial charge is 0.335 e. The molecule has 0 radical (unpaired) electrons. The van der Waals surface area contributed by atoms with E-state index in [1.807, 2.05) is 18.7 Å². The minimum atomic E-state index is -0.446. The van der Waals surface area contributed by atoms with Gasteiger partial charge in [-0.1, -0.05) is 12.1 Å². The average molecular weight is 266 g/mol. The number of nitrogens with two attached hydrogens (primary N) is 1. The Balaban J connectivity index is 2.80. The number of benzene rings is 1. The minimum absolute atomic E-state index is 0.000979. The van der Waals surface area contributed by atoms with Crippen LogP contribution in [0.1, 0.15) is 26.3 Å². The summed E-state index contributed by atoms with van der Waals surface area (Å²) in [5.74, 6) is -0.000979. The molecule has 0 unspecified atom stereocenters. The molecule has 1 amide bonds. The van der Waals surface area contributed by atoms with Gasteiger partial charge in [0.15, 0.2) is 0 Å². The van der Waals surface area contributed by atoms with Crippen LogP contribution in [0.15, 0.2) is 29.2 Å². The number of hydrogen-bond donors (Lipinski definition) is 1. The zero-order valence-corrected chi connectivity index (χ0v) is 12.3. The minimum Gasteiger partial charge on any atom is -0.335 e. The highest BCUT2D eigenvalue weighted by Crippen LogP contribution is 2.16. The molecule has 3 nitrogen and oxygen atoms in total. The van der Waals surface area contributed by atoms with Crippen molar-refractivity contribution in [2.45, 2.75) is 44.3 Å². The molecule has 0 spiro atoms. The molecular weight excluding hydrogens is 244 g/mol. The maximum atomic E-state index is 12.0. The standard InChI is InChI=1S/C14H22N2OS/c1-10(2)16(14(17)11(3)15)9-12-5-7-13(18-4)8-6-12/h5-8,10-11H,9,15H2,1-4H3/t11-/m0/s1. The highest BCUT2D eigenvalue weighted by Gasteiger charge is 2.20. The smallest absolute Gasteiger partial charge is 0.239 e. The summed E-state index contributed by atoms with van der Waals surface area (Å²) in [5.41, 5.74) is 6.81. The van der Waals surface area contributed by atoms with Crippen molar-refractivity contribution in [3.05, 3.63) is 29.8 Å². The van der Waals surface area contributed by atoms with Gasteiger partial charge in [0.2, 0.25) is 5.91 Å². The van der Waals surface area contributed by atoms with Crippen molar-refractivity contribution in [1.29, 1.82) is 0 Å². The molecule has 0 aromatic heterocycles. The second kappa shape index (κ2) is 6.81. The first-order chi connectivity index (χ1) is 8.45. The summed E-state index contributed by atoms with van der Waals surface area (Å²) in [4.78, 5) is 15.1. The highest BCUT2D eigenvalue weighted by atomic mass is 32.2. The zero-order valence-electron chi connectivity index (χ0n) is 11.5. The molecule has 2 N–H and O–H groups in total. The Morgan fingerprint density at radius 2 is 1.83 bits per heavy atom. The van der Waals surface area contributed by atoms with Gasteiger partial charge in [0.25, 0.3) is 0 Å². The van der Waals surface area contributed by atoms with Crippen LogP contribution in [0.3, 0.4) is 0 Å². The van der Waals surface area contributed by atoms with Gasteiger partial charge in [0.1, 0.15) is 0 Å². The number of hydrogen-bond acceptors (Lipinski definition) is 3. The molecule has 0 heterocycles. The van der Waals surface area contributed by atoms with E-state index in [9.17, 15) is 4.79 Å². The van der Waals surface area contributed by atoms with Crippen LogP contribution in [-0.4, -0.2) is 29.1 Å². The van der Waals surface area contributed by atoms with E-state index < -0.39 is 6.04 Å². The van der Waals surface area contributed by atoms with Crippen LogP contribution in [0.5, 0.6) is 0 Å². The van der Waals surface area contributed by atoms with Gasteiger partial charge < -0.3 is 10.6 Å². The van der Waals surface area contributed by atoms with E-state index in [1.54, 1.807) is 18.7 Å². The van der Waals surface area contributed by atoms with Gasteiger partial charge in [0.05, 0.1) is 6.04 Å². The van der Waals surface area contributed by atoms with Crippen molar-refractivity contribution in [3.8, 4) is 0 Å². The van der Waals surface area contributed by atoms with E-state index in [-0.39, 0.29) is 11.9 Å². The summed E-state index contributed by atoms with van der Waals surface area (Å²) in [5, 5.41) is 0. The van der Waals surface area contributed by atoms with Crippen molar-refractivity contribution in [3.63, 3.8) is 0 Å². The fourth-order valence-electron chi connectivity index (χ4n) is 1.70. The molecule has 100 valence electrons. The molecule has 4 heteroatoms. The van der Waals surface area contributed by atoms with Crippen LogP contribution < -0.4 is 5.73 Å². The normalized spacial score (nSPS) is 12.6. The van der Waals surface area contributed by atoms with Gasteiger partial charge in [-0.25, -0.2) is 0 Å². The van der Waals surface area contributed by atoms with Crippen molar-refractivity contribution >= 4 is 17.7 Å². The molecule has 0 bridgehead atoms. The molecular formula is C14H22N2OS. The summed E-state index contributed by atoms with van der Waals surface area (Å²) >= 11 is 1.71. The van der Waals surface area contributed by atoms with Gasteiger partial charge >= 0.3 is 0 Å². The molecule has 0 saturated heterocycles. The lowest BCUT2D eigenvalue weighted by molar-refractivity contribution is -0.134. The van der Waals surface area contributed by atoms with Gasteiger partial charge in [-0.2, -0.15) is 0 Å². The van der Waals surface area contributed by atoms with Crippen LogP contribution >= 0.6 is 11.8 Å². The van der Waals surface area contributed by atoms with E-state index in [0.717, 1.165) is 5.56 Å². The molecule has 0 saturated carbocycles. The van der Waals surface area contributed by atoms with E-state index in [4.69, 9.17) is 5.73 Å². The Bertz CT molecular complexity index is 387. The molecule has 0 aliphatic carbocycles. The first-order valence-corrected chi connectivity index (χ1v) is 7.37. The lowest BCUT2D eigenvalue weighted by Gasteiger charge is -2.28. The number of nitrogens with zero attached hydrogens (tertiary/aromatic N) is 1. The lowest BCUT2D eigenvalue weighted by Crippen LogP contribution is -2.45. The lowest BCUT2D eigenvalue weighted by atomic mass is 10.1. The molecule has 0 fully saturated rings. The average Bonchev–Trinajstić information content (AvgIpc) is 2.35. The number of carbonyl (C=O) groups is 1. The number of carbonyl (C=O) groups excluding carboxylic acids is 1. The summed E-state index contributed by atoms with van der Waals surface area (Å²) in [7, 11) is 0. The van der Waals surface area contributed by atoms with Gasteiger partial charge in [-0.05, 0) is 44.7 Å². The van der Waals surface area contributed by atoms with Gasteiger partial charge in [0, 0.05) is 17.5 Å². The number of rotatable bonds is 5. The van der Waals surface area contributed by atoms with E-state index in [0.29, 0.717) is 6.54 Å². The summed E-state index contributed by atoms with van der Waals surface area (Å²) in [6.07, 6.45) is 2.05. The third-order valence-electron chi connectivity index (χ3n) is 2.81. The van der Waals surface area contributed by atoms with Gasteiger partial charge in [-0.15, -0.1) is 11.8 Å². The van der Waals surface area contributed by atoms with Crippen LogP contribution in [-0.2, 0) is 11.3 Å². The molecule has 0 aliphatic rings. The SMILES string of the molecule is CSc1ccc(CN(C(=O)[C@H](C)N)C(C)C)cc1. The quantitative estimate of drug-likeness (QED) is 0.833. The zero-order chi connectivity index (χ0) is 13.7. The maximum Gasteiger partial charge on any atom is 0.239 e. The van der Waals surface area contributed by atoms with Gasteiger partial charge in [-0.3, -0.25) is 4.79 Å². The van der Waals surface area contributed by atoms with E-state index >= 15 is 0 Å². The molecule has 18 heavy (non-hydrogen) atoms. The van der Waals surface area contributed by atoms with E-state index in [2.05, 4.69) is 30.5 Å². The van der Waals surface area contributed by atoms with E-state index in [1.165, 1.54) is 4.90 Å². The third-order valence-corrected chi connectivity index (χ3v) is 3.55. The molecule has 1 aromatic rings. The summed E-state index contributed by atoms with van der Waals surface area (Å²) < 4.78 is 0. The number of thioether (sulfide) groups is 1. The summed E-state index contributed by atoms with van der Waals surface area (Å²) in [6.45, 7) is 6.37. The highest BCUT2D eigenvalue weighted by molar-refractivity contribution is 7.98. The second-order valence-electron chi connectivity index (χ2n) is 4.70. The predicted octanol–water partition coefficient (Wildman–Crippen LogP) is 2.49. The van der Waals surface area contributed by atoms with Crippen molar-refractivity contribution < 1.29 is 4.79 Å². The van der Waals surface area contributed by atoms with Crippen molar-refractivity contribution in [1.82, 2.24) is 4.90 Å². The molecule has 1 atom stereocenters. The maximum absolute atomic E-state index is 12.0. The first kappa shape index (κ1) is 15.1. The van der Waals surface area contributed by atoms with Crippen molar-refractivity contribution in [2.24, 2.45) is 5.73 Å². The van der Waals surface area contributed by atoms with Crippen LogP contribution in [0.2, 0.25) is 0 Å². The Morgan fingerprint density at radius 3 is 2.22 bits per heavy atom. The second-order valence-corrected chi connectivity index (χ2v) is 5.58. The fourth-order valence-corrected chi connectivity index (χ4v) is 2.11. The fraction of sp³-hybridized carbons (Fsp3) is 0.500. The molecule has 1 aromatic carbocycles. The van der Waals surface area contributed by atoms with Crippen molar-refractivity contribution in [2.75, 3.05) is 6.26 Å².